The van der Waals surface area contributed by atoms with Gasteiger partial charge in [0, 0.05) is 12.8 Å². The normalized spacial score (nSPS) is 13.7. The molecular weight excluding hydrogens is 1330 g/mol. The Bertz CT molecular complexity index is 2310. The van der Waals surface area contributed by atoms with Crippen LogP contribution >= 0.6 is 7.82 Å². The zero-order chi connectivity index (χ0) is 76.8. The third kappa shape index (κ3) is 88.8. The molecule has 0 aliphatic carbocycles. The van der Waals surface area contributed by atoms with Crippen molar-refractivity contribution in [3.63, 3.8) is 0 Å². The van der Waals surface area contributed by atoms with Gasteiger partial charge in [-0.25, -0.2) is 0 Å². The minimum atomic E-state index is -4.65. The lowest BCUT2D eigenvalue weighted by molar-refractivity contribution is -0.870. The van der Waals surface area contributed by atoms with Gasteiger partial charge in [-0.3, -0.25) is 14.2 Å². The predicted molar refractivity (Wildman–Crippen MR) is 461 cm³/mol. The van der Waals surface area contributed by atoms with E-state index in [4.69, 9.17) is 18.5 Å². The number of phosphoric acid groups is 1. The minimum absolute atomic E-state index is 0.0326. The molecule has 0 aliphatic rings. The zero-order valence-corrected chi connectivity index (χ0v) is 70.7. The van der Waals surface area contributed by atoms with Crippen molar-refractivity contribution in [3.05, 3.63) is 146 Å². The number of quaternary nitrogens is 1. The van der Waals surface area contributed by atoms with Gasteiger partial charge in [0.25, 0.3) is 7.82 Å². The SMILES string of the molecule is CC/C=C\C/C=C\C/C=C\C/C=C\C/C=C\C/C=C\C/C=C\C/C=C\CCCCCCCCCCCCCCCCCCC(=O)OC(COC(=O)CCCCCCCCCCCCCCCCCCCCCCCCCCCCCC/C=C\C/C=C\C/C=C\C/C=C\CC)COP(=O)([O-])OCC[N+](C)(C)C. The summed E-state index contributed by atoms with van der Waals surface area (Å²) in [6.07, 6.45) is 126. The number of likely N-dealkylation sites (N-methyl/N-ethyl adjacent to an activating group) is 1. The molecule has 0 saturated carbocycles. The second kappa shape index (κ2) is 84.9. The molecule has 0 fully saturated rings. The standard InChI is InChI=1S/C96H168NO8P/c1-6-8-10-12-14-16-18-20-22-24-26-28-30-32-34-36-38-40-42-44-46-48-50-52-54-56-58-60-62-64-66-68-70-72-74-76-78-80-82-84-86-88-95(98)102-92-94(93-104-106(100,101)103-91-90-97(3,4)5)105-96(99)89-87-85-83-81-79-77-75-73-71-69-67-65-63-61-59-57-55-53-51-49-47-45-43-41-39-37-35-33-31-29-27-25-23-21-19-17-15-13-11-9-7-2/h8-11,14-17,20-23,26-29,33,35,39,41,45,47,51,53,94H,6-7,12-13,18-19,24-25,30-32,34,36-38,40,42-44,46,48-50,52,54-93H2,1-5H3/b10-8-,11-9-,16-14-,17-15-,22-20-,23-21-,28-26-,29-27-,35-33-,41-39-,47-45-,53-51-. The molecule has 0 aromatic carbocycles. The van der Waals surface area contributed by atoms with Crippen LogP contribution in [0.25, 0.3) is 0 Å². The Kier molecular flexibility index (Phi) is 81.6. The molecule has 10 heteroatoms. The molecule has 0 aliphatic heterocycles. The molecule has 0 amide bonds. The first-order chi connectivity index (χ1) is 52.0. The molecule has 0 N–H and O–H groups in total. The maximum Gasteiger partial charge on any atom is 0.306 e. The summed E-state index contributed by atoms with van der Waals surface area (Å²) in [5.74, 6) is -0.818. The molecule has 2 atom stereocenters. The van der Waals surface area contributed by atoms with Crippen molar-refractivity contribution < 1.29 is 42.1 Å². The Hall–Kier alpha value is -4.11. The van der Waals surface area contributed by atoms with Crippen LogP contribution in [-0.2, 0) is 32.7 Å². The van der Waals surface area contributed by atoms with Crippen molar-refractivity contribution >= 4 is 19.8 Å². The summed E-state index contributed by atoms with van der Waals surface area (Å²) in [4.78, 5) is 38.3. The van der Waals surface area contributed by atoms with Crippen LogP contribution in [0.4, 0.5) is 0 Å². The monoisotopic (exact) mass is 1490 g/mol. The highest BCUT2D eigenvalue weighted by Crippen LogP contribution is 2.38. The third-order valence-electron chi connectivity index (χ3n) is 19.4. The van der Waals surface area contributed by atoms with E-state index < -0.39 is 26.5 Å². The van der Waals surface area contributed by atoms with Gasteiger partial charge in [-0.05, 0) is 116 Å². The summed E-state index contributed by atoms with van der Waals surface area (Å²) in [6, 6.07) is 0. The smallest absolute Gasteiger partial charge is 0.306 e. The fourth-order valence-corrected chi connectivity index (χ4v) is 13.4. The van der Waals surface area contributed by atoms with Crippen LogP contribution < -0.4 is 4.89 Å². The van der Waals surface area contributed by atoms with E-state index in [0.29, 0.717) is 17.4 Å². The van der Waals surface area contributed by atoms with Crippen molar-refractivity contribution in [3.8, 4) is 0 Å². The summed E-state index contributed by atoms with van der Waals surface area (Å²) in [6.45, 7) is 4.06. The van der Waals surface area contributed by atoms with Gasteiger partial charge in [-0.15, -0.1) is 0 Å². The van der Waals surface area contributed by atoms with Gasteiger partial charge < -0.3 is 27.9 Å². The van der Waals surface area contributed by atoms with Gasteiger partial charge >= 0.3 is 11.9 Å². The van der Waals surface area contributed by atoms with E-state index in [1.807, 2.05) is 21.1 Å². The number of phosphoric ester groups is 1. The number of ether oxygens (including phenoxy) is 2. The lowest BCUT2D eigenvalue weighted by Crippen LogP contribution is -2.37. The fourth-order valence-electron chi connectivity index (χ4n) is 12.7. The van der Waals surface area contributed by atoms with Crippen LogP contribution in [0, 0.1) is 0 Å². The average molecular weight is 1500 g/mol. The number of esters is 2. The highest BCUT2D eigenvalue weighted by molar-refractivity contribution is 7.45. The number of carbonyl (C=O) groups excluding carboxylic acids is 2. The number of allylic oxidation sites excluding steroid dienone is 24. The van der Waals surface area contributed by atoms with Crippen LogP contribution in [0.3, 0.4) is 0 Å². The first kappa shape index (κ1) is 102. The second-order valence-electron chi connectivity index (χ2n) is 30.8. The van der Waals surface area contributed by atoms with Gasteiger partial charge in [0.1, 0.15) is 19.8 Å². The van der Waals surface area contributed by atoms with E-state index in [1.165, 1.54) is 250 Å². The maximum atomic E-state index is 12.9. The summed E-state index contributed by atoms with van der Waals surface area (Å²) in [5, 5.41) is 0. The van der Waals surface area contributed by atoms with E-state index in [9.17, 15) is 19.0 Å². The van der Waals surface area contributed by atoms with E-state index in [-0.39, 0.29) is 32.0 Å². The Morgan fingerprint density at radius 2 is 0.509 bits per heavy atom. The van der Waals surface area contributed by atoms with Crippen LogP contribution in [0.1, 0.15) is 399 Å². The first-order valence-corrected chi connectivity index (χ1v) is 46.0. The lowest BCUT2D eigenvalue weighted by Gasteiger charge is -2.28. The first-order valence-electron chi connectivity index (χ1n) is 44.5. The highest BCUT2D eigenvalue weighted by atomic mass is 31.2. The lowest BCUT2D eigenvalue weighted by atomic mass is 10.0. The average Bonchev–Trinajstić information content (AvgIpc) is 0.908. The zero-order valence-electron chi connectivity index (χ0n) is 69.8. The topological polar surface area (TPSA) is 111 Å². The van der Waals surface area contributed by atoms with Crippen molar-refractivity contribution in [2.45, 2.75) is 405 Å². The Morgan fingerprint density at radius 1 is 0.292 bits per heavy atom. The highest BCUT2D eigenvalue weighted by Gasteiger charge is 2.22. The second-order valence-corrected chi connectivity index (χ2v) is 32.3. The quantitative estimate of drug-likeness (QED) is 0.0195. The summed E-state index contributed by atoms with van der Waals surface area (Å²) in [7, 11) is 1.18. The van der Waals surface area contributed by atoms with Gasteiger partial charge in [0.05, 0.1) is 27.7 Å². The summed E-state index contributed by atoms with van der Waals surface area (Å²) in [5.41, 5.74) is 0. The van der Waals surface area contributed by atoms with Crippen LogP contribution in [0.2, 0.25) is 0 Å². The summed E-state index contributed by atoms with van der Waals surface area (Å²) < 4.78 is 34.5. The van der Waals surface area contributed by atoms with E-state index >= 15 is 0 Å². The summed E-state index contributed by atoms with van der Waals surface area (Å²) >= 11 is 0. The van der Waals surface area contributed by atoms with E-state index in [0.717, 1.165) is 116 Å². The molecule has 0 radical (unpaired) electrons. The molecule has 2 unspecified atom stereocenters. The molecule has 0 spiro atoms. The van der Waals surface area contributed by atoms with Crippen molar-refractivity contribution in [2.75, 3.05) is 47.5 Å². The molecular formula is C96H168NO8P. The third-order valence-corrected chi connectivity index (χ3v) is 20.3. The van der Waals surface area contributed by atoms with E-state index in [1.54, 1.807) is 0 Å². The molecule has 9 nitrogen and oxygen atoms in total. The fraction of sp³-hybridized carbons (Fsp3) is 0.729. The Labute approximate surface area is 656 Å². The molecule has 0 saturated heterocycles. The van der Waals surface area contributed by atoms with Crippen molar-refractivity contribution in [1.82, 2.24) is 0 Å². The number of unbranched alkanes of at least 4 members (excludes halogenated alkanes) is 44. The molecule has 0 bridgehead atoms. The van der Waals surface area contributed by atoms with E-state index in [2.05, 4.69) is 160 Å². The Morgan fingerprint density at radius 3 is 0.755 bits per heavy atom. The number of nitrogens with zero attached hydrogens (tertiary/aromatic N) is 1. The van der Waals surface area contributed by atoms with Gasteiger partial charge in [0.15, 0.2) is 6.10 Å². The molecule has 0 aromatic rings. The van der Waals surface area contributed by atoms with Gasteiger partial charge in [-0.1, -0.05) is 417 Å². The number of carbonyl (C=O) groups is 2. The minimum Gasteiger partial charge on any atom is -0.756 e. The molecule has 0 heterocycles. The molecule has 0 aromatic heterocycles. The van der Waals surface area contributed by atoms with Crippen LogP contribution in [-0.4, -0.2) is 70.0 Å². The molecule has 0 rings (SSSR count). The predicted octanol–water partition coefficient (Wildman–Crippen LogP) is 29.8. The van der Waals surface area contributed by atoms with Crippen LogP contribution in [0.15, 0.2) is 146 Å². The number of hydrogen-bond donors (Lipinski definition) is 0. The van der Waals surface area contributed by atoms with Gasteiger partial charge in [0.2, 0.25) is 0 Å². The van der Waals surface area contributed by atoms with Crippen molar-refractivity contribution in [1.29, 1.82) is 0 Å². The molecule has 610 valence electrons. The molecule has 106 heavy (non-hydrogen) atoms. The maximum absolute atomic E-state index is 12.9. The van der Waals surface area contributed by atoms with Crippen molar-refractivity contribution in [2.24, 2.45) is 0 Å². The van der Waals surface area contributed by atoms with Crippen LogP contribution in [0.5, 0.6) is 0 Å². The Balaban J connectivity index is 3.90. The van der Waals surface area contributed by atoms with Gasteiger partial charge in [-0.2, -0.15) is 0 Å². The number of rotatable bonds is 82. The largest absolute Gasteiger partial charge is 0.756 e. The number of hydrogen-bond acceptors (Lipinski definition) is 8.